The van der Waals surface area contributed by atoms with Crippen molar-refractivity contribution in [3.05, 3.63) is 47.5 Å². The summed E-state index contributed by atoms with van der Waals surface area (Å²) in [6.07, 6.45) is 4.97. The maximum Gasteiger partial charge on any atom is 0.242 e. The third kappa shape index (κ3) is 4.01. The highest BCUT2D eigenvalue weighted by Crippen LogP contribution is 2.22. The fraction of sp³-hybridized carbons (Fsp3) is 0.167. The van der Waals surface area contributed by atoms with Crippen LogP contribution >= 0.6 is 23.8 Å². The number of imidazole rings is 1. The summed E-state index contributed by atoms with van der Waals surface area (Å²) in [7, 11) is -3.73. The van der Waals surface area contributed by atoms with Crippen molar-refractivity contribution in [1.82, 2.24) is 14.3 Å². The van der Waals surface area contributed by atoms with Gasteiger partial charge >= 0.3 is 0 Å². The number of nitrogens with two attached hydrogens (primary N) is 1. The number of hydrogen-bond acceptors (Lipinski definition) is 4. The topological polar surface area (TPSA) is 90.0 Å². The lowest BCUT2D eigenvalue weighted by Crippen LogP contribution is -2.27. The number of sulfonamides is 1. The molecule has 112 valence electrons. The molecule has 0 fully saturated rings. The predicted molar refractivity (Wildman–Crippen MR) is 84.8 cm³/mol. The first-order chi connectivity index (χ1) is 9.90. The first kappa shape index (κ1) is 15.9. The van der Waals surface area contributed by atoms with Crippen LogP contribution in [0.3, 0.4) is 0 Å². The maximum atomic E-state index is 12.3. The number of nitrogens with one attached hydrogen (secondary N) is 1. The van der Waals surface area contributed by atoms with Gasteiger partial charge in [0.1, 0.15) is 9.88 Å². The van der Waals surface area contributed by atoms with Gasteiger partial charge in [-0.05, 0) is 12.1 Å². The van der Waals surface area contributed by atoms with Gasteiger partial charge in [-0.15, -0.1) is 0 Å². The Kier molecular flexibility index (Phi) is 4.94. The van der Waals surface area contributed by atoms with Crippen molar-refractivity contribution >= 4 is 38.8 Å². The number of halogens is 1. The van der Waals surface area contributed by atoms with Crippen LogP contribution in [0.2, 0.25) is 5.02 Å². The van der Waals surface area contributed by atoms with Crippen molar-refractivity contribution in [2.24, 2.45) is 5.73 Å². The van der Waals surface area contributed by atoms with Crippen molar-refractivity contribution in [3.8, 4) is 0 Å². The molecular weight excluding hydrogens is 332 g/mol. The van der Waals surface area contributed by atoms with E-state index in [1.165, 1.54) is 12.1 Å². The lowest BCUT2D eigenvalue weighted by Gasteiger charge is -2.10. The van der Waals surface area contributed by atoms with Crippen LogP contribution in [0, 0.1) is 0 Å². The Morgan fingerprint density at radius 1 is 1.48 bits per heavy atom. The van der Waals surface area contributed by atoms with E-state index < -0.39 is 10.0 Å². The fourth-order valence-electron chi connectivity index (χ4n) is 1.67. The molecule has 1 aromatic carbocycles. The van der Waals surface area contributed by atoms with Gasteiger partial charge in [0.2, 0.25) is 10.0 Å². The summed E-state index contributed by atoms with van der Waals surface area (Å²) in [5.41, 5.74) is 5.95. The van der Waals surface area contributed by atoms with Crippen molar-refractivity contribution in [3.63, 3.8) is 0 Å². The molecule has 0 bridgehead atoms. The van der Waals surface area contributed by atoms with E-state index in [0.29, 0.717) is 12.1 Å². The van der Waals surface area contributed by atoms with Gasteiger partial charge in [-0.1, -0.05) is 29.9 Å². The van der Waals surface area contributed by atoms with Crippen molar-refractivity contribution in [1.29, 1.82) is 0 Å². The van der Waals surface area contributed by atoms with Crippen LogP contribution in [0.25, 0.3) is 0 Å². The van der Waals surface area contributed by atoms with Gasteiger partial charge in [0, 0.05) is 31.0 Å². The second-order valence-electron chi connectivity index (χ2n) is 4.21. The minimum Gasteiger partial charge on any atom is -0.389 e. The van der Waals surface area contributed by atoms with Gasteiger partial charge in [-0.2, -0.15) is 0 Å². The molecule has 0 aliphatic carbocycles. The highest BCUT2D eigenvalue weighted by molar-refractivity contribution is 7.89. The van der Waals surface area contributed by atoms with Crippen molar-refractivity contribution in [2.45, 2.75) is 11.4 Å². The molecule has 1 heterocycles. The van der Waals surface area contributed by atoms with Crippen LogP contribution in [0.4, 0.5) is 0 Å². The normalized spacial score (nSPS) is 11.5. The van der Waals surface area contributed by atoms with Gasteiger partial charge in [-0.3, -0.25) is 0 Å². The maximum absolute atomic E-state index is 12.3. The summed E-state index contributed by atoms with van der Waals surface area (Å²) in [5.74, 6) is 0. The van der Waals surface area contributed by atoms with Crippen LogP contribution in [-0.2, 0) is 16.6 Å². The van der Waals surface area contributed by atoms with Gasteiger partial charge in [0.15, 0.2) is 0 Å². The molecule has 1 aromatic heterocycles. The molecule has 0 saturated heterocycles. The Labute approximate surface area is 133 Å². The van der Waals surface area contributed by atoms with Crippen LogP contribution < -0.4 is 10.5 Å². The Hall–Kier alpha value is -1.48. The summed E-state index contributed by atoms with van der Waals surface area (Å²) in [6, 6.07) is 4.40. The largest absolute Gasteiger partial charge is 0.389 e. The van der Waals surface area contributed by atoms with E-state index in [1.807, 2.05) is 0 Å². The fourth-order valence-corrected chi connectivity index (χ4v) is 3.34. The molecule has 0 saturated carbocycles. The van der Waals surface area contributed by atoms with Crippen LogP contribution in [0.1, 0.15) is 5.56 Å². The van der Waals surface area contributed by atoms with Crippen molar-refractivity contribution < 1.29 is 8.42 Å². The van der Waals surface area contributed by atoms with Crippen LogP contribution in [-0.4, -0.2) is 29.5 Å². The zero-order valence-corrected chi connectivity index (χ0v) is 13.2. The minimum atomic E-state index is -3.73. The molecule has 6 nitrogen and oxygen atoms in total. The third-order valence-corrected chi connectivity index (χ3v) is 4.90. The lowest BCUT2D eigenvalue weighted by molar-refractivity contribution is 0.573. The van der Waals surface area contributed by atoms with E-state index in [0.717, 1.165) is 0 Å². The summed E-state index contributed by atoms with van der Waals surface area (Å²) in [6.45, 7) is 0.679. The summed E-state index contributed by atoms with van der Waals surface area (Å²) >= 11 is 10.8. The molecular formula is C12H13ClN4O2S2. The molecule has 0 unspecified atom stereocenters. The number of benzene rings is 1. The smallest absolute Gasteiger partial charge is 0.242 e. The molecule has 0 spiro atoms. The Morgan fingerprint density at radius 2 is 2.24 bits per heavy atom. The Morgan fingerprint density at radius 3 is 2.86 bits per heavy atom. The number of nitrogens with zero attached hydrogens (tertiary/aromatic N) is 2. The summed E-state index contributed by atoms with van der Waals surface area (Å²) in [4.78, 5) is 3.95. The highest BCUT2D eigenvalue weighted by Gasteiger charge is 2.18. The van der Waals surface area contributed by atoms with Gasteiger partial charge in [-0.25, -0.2) is 18.1 Å². The van der Waals surface area contributed by atoms with E-state index in [-0.39, 0.29) is 21.5 Å². The average molecular weight is 345 g/mol. The first-order valence-corrected chi connectivity index (χ1v) is 8.22. The molecule has 3 N–H and O–H groups in total. The predicted octanol–water partition coefficient (Wildman–Crippen LogP) is 1.15. The molecule has 2 rings (SSSR count). The SMILES string of the molecule is NC(=S)c1ccc(Cl)c(S(=O)(=O)NCCn2ccnc2)c1. The van der Waals surface area contributed by atoms with E-state index in [9.17, 15) is 8.42 Å². The van der Waals surface area contributed by atoms with Crippen LogP contribution in [0.15, 0.2) is 41.8 Å². The number of hydrogen-bond donors (Lipinski definition) is 2. The lowest BCUT2D eigenvalue weighted by atomic mass is 10.2. The van der Waals surface area contributed by atoms with Crippen molar-refractivity contribution in [2.75, 3.05) is 6.54 Å². The zero-order valence-electron chi connectivity index (χ0n) is 10.9. The number of rotatable bonds is 6. The third-order valence-electron chi connectivity index (χ3n) is 2.73. The minimum absolute atomic E-state index is 0.0416. The molecule has 0 amide bonds. The molecule has 9 heteroatoms. The Bertz CT molecular complexity index is 745. The standard InChI is InChI=1S/C12H13ClN4O2S2/c13-10-2-1-9(12(14)20)7-11(10)21(18,19)16-4-6-17-5-3-15-8-17/h1-3,5,7-8,16H,4,6H2,(H2,14,20). The highest BCUT2D eigenvalue weighted by atomic mass is 35.5. The monoisotopic (exact) mass is 344 g/mol. The first-order valence-electron chi connectivity index (χ1n) is 5.95. The Balaban J connectivity index is 2.15. The van der Waals surface area contributed by atoms with Gasteiger partial charge in [0.25, 0.3) is 0 Å². The molecule has 0 atom stereocenters. The molecule has 0 aliphatic heterocycles. The molecule has 2 aromatic rings. The average Bonchev–Trinajstić information content (AvgIpc) is 2.91. The van der Waals surface area contributed by atoms with Crippen LogP contribution in [0.5, 0.6) is 0 Å². The zero-order chi connectivity index (χ0) is 15.5. The van der Waals surface area contributed by atoms with E-state index in [1.54, 1.807) is 29.4 Å². The second kappa shape index (κ2) is 6.52. The summed E-state index contributed by atoms with van der Waals surface area (Å²) in [5, 5.41) is 0.116. The summed E-state index contributed by atoms with van der Waals surface area (Å²) < 4.78 is 28.7. The molecule has 0 aliphatic rings. The van der Waals surface area contributed by atoms with Gasteiger partial charge in [0.05, 0.1) is 11.3 Å². The van der Waals surface area contributed by atoms with E-state index in [4.69, 9.17) is 29.6 Å². The van der Waals surface area contributed by atoms with Gasteiger partial charge < -0.3 is 10.3 Å². The quantitative estimate of drug-likeness (QED) is 0.767. The van der Waals surface area contributed by atoms with E-state index in [2.05, 4.69) is 9.71 Å². The second-order valence-corrected chi connectivity index (χ2v) is 6.79. The number of thiocarbonyl (C=S) groups is 1. The molecule has 0 radical (unpaired) electrons. The number of aromatic nitrogens is 2. The molecule has 21 heavy (non-hydrogen) atoms. The van der Waals surface area contributed by atoms with E-state index >= 15 is 0 Å².